The van der Waals surface area contributed by atoms with E-state index >= 15 is 0 Å². The number of methoxy groups -OCH3 is 1. The van der Waals surface area contributed by atoms with Crippen molar-refractivity contribution >= 4 is 68.1 Å². The molecule has 202 valence electrons. The van der Waals surface area contributed by atoms with Gasteiger partial charge in [0, 0.05) is 21.0 Å². The molecule has 0 radical (unpaired) electrons. The van der Waals surface area contributed by atoms with E-state index in [-0.39, 0.29) is 29.1 Å². The van der Waals surface area contributed by atoms with Gasteiger partial charge in [-0.2, -0.15) is 0 Å². The van der Waals surface area contributed by atoms with Crippen molar-refractivity contribution in [2.75, 3.05) is 17.3 Å². The van der Waals surface area contributed by atoms with Crippen LogP contribution in [0.25, 0.3) is 0 Å². The summed E-state index contributed by atoms with van der Waals surface area (Å²) in [7, 11) is 1.56. The third kappa shape index (κ3) is 4.67. The first-order valence-corrected chi connectivity index (χ1v) is 14.9. The summed E-state index contributed by atoms with van der Waals surface area (Å²) in [4.78, 5) is 55.5. The number of fused-ring (bicyclic) bond motifs is 2. The Morgan fingerprint density at radius 3 is 2.42 bits per heavy atom. The molecule has 11 heteroatoms. The number of para-hydroxylation sites is 1. The van der Waals surface area contributed by atoms with Crippen LogP contribution in [0.2, 0.25) is 0 Å². The number of benzene rings is 3. The Hall–Kier alpha value is -3.67. The number of thioether (sulfide) groups is 1. The fourth-order valence-corrected chi connectivity index (χ4v) is 8.35. The van der Waals surface area contributed by atoms with Crippen LogP contribution < -0.4 is 19.8 Å². The van der Waals surface area contributed by atoms with Gasteiger partial charge in [0.2, 0.25) is 17.7 Å². The molecule has 3 aromatic carbocycles. The molecule has 3 amide bonds. The van der Waals surface area contributed by atoms with Crippen molar-refractivity contribution in [2.45, 2.75) is 22.7 Å². The summed E-state index contributed by atoms with van der Waals surface area (Å²) in [5.74, 6) is -1.56. The number of thiazole rings is 1. The third-order valence-corrected chi connectivity index (χ3v) is 10.0. The van der Waals surface area contributed by atoms with Crippen LogP contribution >= 0.6 is 39.0 Å². The smallest absolute Gasteiger partial charge is 0.308 e. The summed E-state index contributed by atoms with van der Waals surface area (Å²) in [6.45, 7) is -0.225. The first-order chi connectivity index (χ1) is 19.4. The van der Waals surface area contributed by atoms with Crippen LogP contribution in [0.3, 0.4) is 0 Å². The van der Waals surface area contributed by atoms with E-state index in [0.717, 1.165) is 21.4 Å². The van der Waals surface area contributed by atoms with Crippen LogP contribution in [0.5, 0.6) is 5.75 Å². The molecule has 8 nitrogen and oxygen atoms in total. The molecule has 2 aliphatic rings. The van der Waals surface area contributed by atoms with Crippen molar-refractivity contribution < 1.29 is 19.1 Å². The minimum absolute atomic E-state index is 0.225. The van der Waals surface area contributed by atoms with Gasteiger partial charge in [-0.15, -0.1) is 0 Å². The number of imide groups is 1. The van der Waals surface area contributed by atoms with Crippen LogP contribution in [-0.4, -0.2) is 34.6 Å². The third-order valence-electron chi connectivity index (χ3n) is 6.95. The number of hydrogen-bond donors (Lipinski definition) is 1. The molecule has 6 rings (SSSR count). The van der Waals surface area contributed by atoms with Crippen molar-refractivity contribution in [3.05, 3.63) is 103 Å². The van der Waals surface area contributed by atoms with Gasteiger partial charge in [-0.05, 0) is 54.1 Å². The van der Waals surface area contributed by atoms with Crippen LogP contribution in [0.1, 0.15) is 16.4 Å². The Bertz CT molecular complexity index is 1690. The molecule has 40 heavy (non-hydrogen) atoms. The van der Waals surface area contributed by atoms with E-state index in [9.17, 15) is 19.2 Å². The van der Waals surface area contributed by atoms with Crippen molar-refractivity contribution in [1.82, 2.24) is 4.57 Å². The number of halogens is 1. The maximum Gasteiger partial charge on any atom is 0.308 e. The maximum atomic E-state index is 13.9. The van der Waals surface area contributed by atoms with Gasteiger partial charge in [0.15, 0.2) is 0 Å². The second-order valence-corrected chi connectivity index (χ2v) is 12.4. The fourth-order valence-electron chi connectivity index (χ4n) is 5.16. The van der Waals surface area contributed by atoms with Crippen molar-refractivity contribution in [1.29, 1.82) is 0 Å². The highest BCUT2D eigenvalue weighted by molar-refractivity contribution is 9.10. The number of amides is 3. The predicted octanol–water partition coefficient (Wildman–Crippen LogP) is 5.12. The number of hydrogen-bond acceptors (Lipinski definition) is 7. The van der Waals surface area contributed by atoms with E-state index in [1.165, 1.54) is 21.2 Å². The number of nitrogens with zero attached hydrogens (tertiary/aromatic N) is 2. The minimum atomic E-state index is -0.742. The van der Waals surface area contributed by atoms with Crippen LogP contribution in [0.15, 0.2) is 93.2 Å². The van der Waals surface area contributed by atoms with Gasteiger partial charge in [0.05, 0.1) is 23.7 Å². The van der Waals surface area contributed by atoms with Crippen molar-refractivity contribution in [3.8, 4) is 5.75 Å². The van der Waals surface area contributed by atoms with Gasteiger partial charge >= 0.3 is 4.87 Å². The molecule has 4 aromatic rings. The molecular formula is C29H22BrN3O5S2. The normalized spacial score (nSPS) is 19.8. The number of anilines is 2. The average Bonchev–Trinajstić information content (AvgIpc) is 3.40. The molecule has 3 heterocycles. The molecule has 0 bridgehead atoms. The summed E-state index contributed by atoms with van der Waals surface area (Å²) in [6, 6.07) is 23.3. The number of nitrogens with one attached hydrogen (secondary N) is 1. The predicted molar refractivity (Wildman–Crippen MR) is 158 cm³/mol. The molecule has 1 N–H and O–H groups in total. The fraction of sp³-hybridized carbons (Fsp3) is 0.172. The van der Waals surface area contributed by atoms with E-state index in [0.29, 0.717) is 27.0 Å². The molecular weight excluding hydrogens is 614 g/mol. The Balaban J connectivity index is 1.39. The lowest BCUT2D eigenvalue weighted by Gasteiger charge is -2.30. The first-order valence-electron chi connectivity index (χ1n) is 12.4. The van der Waals surface area contributed by atoms with Gasteiger partial charge < -0.3 is 10.1 Å². The van der Waals surface area contributed by atoms with Gasteiger partial charge in [0.1, 0.15) is 17.5 Å². The summed E-state index contributed by atoms with van der Waals surface area (Å²) >= 11 is 5.73. The summed E-state index contributed by atoms with van der Waals surface area (Å²) < 4.78 is 7.39. The van der Waals surface area contributed by atoms with E-state index in [1.54, 1.807) is 55.6 Å². The number of ether oxygens (including phenoxy) is 1. The van der Waals surface area contributed by atoms with Crippen molar-refractivity contribution in [2.24, 2.45) is 5.92 Å². The highest BCUT2D eigenvalue weighted by Gasteiger charge is 2.56. The number of carbonyl (C=O) groups is 3. The monoisotopic (exact) mass is 635 g/mol. The molecule has 0 aliphatic carbocycles. The molecule has 2 aliphatic heterocycles. The molecule has 0 spiro atoms. The number of carbonyl (C=O) groups excluding carboxylic acids is 3. The summed E-state index contributed by atoms with van der Waals surface area (Å²) in [5, 5.41) is 2.61. The van der Waals surface area contributed by atoms with Crippen molar-refractivity contribution in [3.63, 3.8) is 0 Å². The lowest BCUT2D eigenvalue weighted by molar-refractivity contribution is -0.122. The Morgan fingerprint density at radius 2 is 1.73 bits per heavy atom. The summed E-state index contributed by atoms with van der Waals surface area (Å²) in [5.41, 5.74) is 1.90. The standard InChI is InChI=1S/C29H22BrN3O5S2/c1-38-20-12-10-18(11-13-20)31-21(34)15-32-28-25(40-29(32)37)22(16-6-5-7-17(30)14-16)23-24(39-28)27(36)33(26(23)35)19-8-3-2-4-9-19/h2-14,22-24H,15H2,1H3,(H,31,34)/t22-,23-,24+/m0/s1. The molecule has 0 unspecified atom stereocenters. The molecule has 0 saturated carbocycles. The largest absolute Gasteiger partial charge is 0.497 e. The Kier molecular flexibility index (Phi) is 7.11. The number of rotatable bonds is 6. The molecule has 1 fully saturated rings. The Morgan fingerprint density at radius 1 is 0.975 bits per heavy atom. The second-order valence-electron chi connectivity index (χ2n) is 9.34. The number of aromatic nitrogens is 1. The van der Waals surface area contributed by atoms with Gasteiger partial charge in [0.25, 0.3) is 0 Å². The van der Waals surface area contributed by atoms with E-state index in [2.05, 4.69) is 21.2 Å². The first kappa shape index (κ1) is 26.5. The zero-order valence-corrected chi connectivity index (χ0v) is 24.3. The lowest BCUT2D eigenvalue weighted by atomic mass is 9.83. The van der Waals surface area contributed by atoms with E-state index < -0.39 is 17.1 Å². The highest BCUT2D eigenvalue weighted by Crippen LogP contribution is 2.54. The van der Waals surface area contributed by atoms with Crippen LogP contribution in [0.4, 0.5) is 11.4 Å². The Labute approximate surface area is 246 Å². The minimum Gasteiger partial charge on any atom is -0.497 e. The zero-order valence-electron chi connectivity index (χ0n) is 21.1. The van der Waals surface area contributed by atoms with Gasteiger partial charge in [-0.3, -0.25) is 23.7 Å². The second kappa shape index (κ2) is 10.7. The summed E-state index contributed by atoms with van der Waals surface area (Å²) in [6.07, 6.45) is 0. The average molecular weight is 637 g/mol. The van der Waals surface area contributed by atoms with Crippen LogP contribution in [0, 0.1) is 5.92 Å². The molecule has 3 atom stereocenters. The topological polar surface area (TPSA) is 97.7 Å². The van der Waals surface area contributed by atoms with Crippen LogP contribution in [-0.2, 0) is 20.9 Å². The molecule has 1 aromatic heterocycles. The highest BCUT2D eigenvalue weighted by atomic mass is 79.9. The molecule has 1 saturated heterocycles. The van der Waals surface area contributed by atoms with E-state index in [1.807, 2.05) is 30.3 Å². The van der Waals surface area contributed by atoms with Gasteiger partial charge in [-0.25, -0.2) is 4.90 Å². The SMILES string of the molecule is COc1ccc(NC(=O)Cn2c3c(sc2=O)[C@@H](c2cccc(Br)c2)[C@@H]2C(=O)N(c4ccccc4)C(=O)[C@@H]2S3)cc1. The zero-order chi connectivity index (χ0) is 28.0. The van der Waals surface area contributed by atoms with Gasteiger partial charge in [-0.1, -0.05) is 69.4 Å². The maximum absolute atomic E-state index is 13.9. The van der Waals surface area contributed by atoms with E-state index in [4.69, 9.17) is 4.74 Å². The lowest BCUT2D eigenvalue weighted by Crippen LogP contribution is -2.33. The quantitative estimate of drug-likeness (QED) is 0.296.